The molecule has 1 N–H and O–H groups in total. The van der Waals surface area contributed by atoms with E-state index in [0.29, 0.717) is 12.1 Å². The minimum atomic E-state index is -2.22. The summed E-state index contributed by atoms with van der Waals surface area (Å²) in [5, 5.41) is 2.90. The maximum Gasteiger partial charge on any atom is 0.332 e. The van der Waals surface area contributed by atoms with Gasteiger partial charge in [-0.2, -0.15) is 0 Å². The molecule has 6 rings (SSSR count). The Morgan fingerprint density at radius 3 is 2.21 bits per heavy atom. The van der Waals surface area contributed by atoms with Gasteiger partial charge in [-0.3, -0.25) is 23.5 Å². The zero-order chi connectivity index (χ0) is 31.3. The van der Waals surface area contributed by atoms with Crippen molar-refractivity contribution < 1.29 is 37.0 Å². The number of hydrogen-bond acceptors (Lipinski definition) is 8. The first-order valence-electron chi connectivity index (χ1n) is 13.0. The molecule has 3 atom stereocenters. The lowest BCUT2D eigenvalue weighted by molar-refractivity contribution is -0.130. The number of nitrogens with one attached hydrogen (secondary N) is 1. The number of ether oxygens (including phenoxy) is 3. The molecule has 3 aliphatic rings. The van der Waals surface area contributed by atoms with Crippen LogP contribution in [0, 0.1) is 23.4 Å². The predicted octanol–water partition coefficient (Wildman–Crippen LogP) is 3.61. The Hall–Kier alpha value is -4.52. The molecule has 10 nitrogen and oxygen atoms in total. The largest absolute Gasteiger partial charge is 0.496 e. The molecule has 2 aliphatic heterocycles. The quantitative estimate of drug-likeness (QED) is 0.350. The molecule has 0 fully saturated rings. The summed E-state index contributed by atoms with van der Waals surface area (Å²) in [7, 11) is 5.23. The van der Waals surface area contributed by atoms with E-state index in [1.54, 1.807) is 6.92 Å². The molecule has 224 valence electrons. The number of methoxy groups -OCH3 is 2. The molecule has 0 unspecified atom stereocenters. The van der Waals surface area contributed by atoms with Crippen molar-refractivity contribution in [3.8, 4) is 17.2 Å². The molecule has 2 aromatic carbocycles. The molecule has 14 heteroatoms. The smallest absolute Gasteiger partial charge is 0.332 e. The van der Waals surface area contributed by atoms with E-state index in [9.17, 15) is 32.3 Å². The van der Waals surface area contributed by atoms with Crippen molar-refractivity contribution in [1.82, 2.24) is 9.13 Å². The molecule has 0 radical (unpaired) electrons. The number of rotatable bonds is 3. The van der Waals surface area contributed by atoms with Gasteiger partial charge in [-0.05, 0) is 24.1 Å². The Morgan fingerprint density at radius 1 is 0.977 bits per heavy atom. The van der Waals surface area contributed by atoms with Gasteiger partial charge in [-0.15, -0.1) is 0 Å². The van der Waals surface area contributed by atoms with Gasteiger partial charge in [0.05, 0.1) is 19.8 Å². The van der Waals surface area contributed by atoms with Crippen molar-refractivity contribution in [2.45, 2.75) is 24.9 Å². The highest BCUT2D eigenvalue weighted by atomic mass is 35.5. The summed E-state index contributed by atoms with van der Waals surface area (Å²) in [5.41, 5.74) is -4.42. The maximum absolute atomic E-state index is 14.7. The second kappa shape index (κ2) is 9.49. The first kappa shape index (κ1) is 28.6. The van der Waals surface area contributed by atoms with Gasteiger partial charge in [0.1, 0.15) is 27.9 Å². The van der Waals surface area contributed by atoms with Crippen LogP contribution in [0.15, 0.2) is 39.1 Å². The fourth-order valence-electron chi connectivity index (χ4n) is 6.26. The van der Waals surface area contributed by atoms with Crippen LogP contribution < -0.4 is 30.8 Å². The first-order valence-corrected chi connectivity index (χ1v) is 13.3. The van der Waals surface area contributed by atoms with Gasteiger partial charge >= 0.3 is 5.69 Å². The van der Waals surface area contributed by atoms with E-state index < -0.39 is 57.7 Å². The van der Waals surface area contributed by atoms with Crippen molar-refractivity contribution in [2.75, 3.05) is 19.5 Å². The van der Waals surface area contributed by atoms with Crippen LogP contribution >= 0.6 is 11.6 Å². The summed E-state index contributed by atoms with van der Waals surface area (Å²) in [6.45, 7) is 1.59. The SMILES string of the molecule is COc1cc(OC)c2c(c1Cl)O[C@@]1(C(=O)C3=C(C[C@H]1C)Nc1c(c(=O)n(C)c(=O)n1C)[C@@H]3c1cc(F)c(F)c(F)c1)C2=O. The summed E-state index contributed by atoms with van der Waals surface area (Å²) >= 11 is 6.51. The molecule has 3 aromatic rings. The highest BCUT2D eigenvalue weighted by Gasteiger charge is 2.63. The summed E-state index contributed by atoms with van der Waals surface area (Å²) in [4.78, 5) is 55.3. The number of ketones is 2. The average molecular weight is 618 g/mol. The topological polar surface area (TPSA) is 118 Å². The fraction of sp³-hybridized carbons (Fsp3) is 0.310. The zero-order valence-electron chi connectivity index (χ0n) is 23.4. The molecular weight excluding hydrogens is 595 g/mol. The van der Waals surface area contributed by atoms with E-state index in [1.165, 1.54) is 34.4 Å². The zero-order valence-corrected chi connectivity index (χ0v) is 24.1. The van der Waals surface area contributed by atoms with Crippen LogP contribution in [-0.2, 0) is 18.9 Å². The van der Waals surface area contributed by atoms with Crippen LogP contribution in [0.25, 0.3) is 0 Å². The number of benzene rings is 2. The van der Waals surface area contributed by atoms with E-state index in [-0.39, 0.29) is 62.5 Å². The molecule has 1 aromatic heterocycles. The van der Waals surface area contributed by atoms with Gasteiger partial charge in [0, 0.05) is 43.3 Å². The molecule has 1 aliphatic carbocycles. The maximum atomic E-state index is 14.7. The Labute approximate surface area is 246 Å². The van der Waals surface area contributed by atoms with Crippen LogP contribution in [0.4, 0.5) is 19.0 Å². The average Bonchev–Trinajstić information content (AvgIpc) is 3.30. The van der Waals surface area contributed by atoms with E-state index in [1.807, 2.05) is 0 Å². The van der Waals surface area contributed by atoms with Crippen LogP contribution in [0.5, 0.6) is 17.2 Å². The summed E-state index contributed by atoms with van der Waals surface area (Å²) < 4.78 is 62.0. The predicted molar refractivity (Wildman–Crippen MR) is 147 cm³/mol. The number of hydrogen-bond donors (Lipinski definition) is 1. The molecule has 0 bridgehead atoms. The Balaban J connectivity index is 1.64. The van der Waals surface area contributed by atoms with Crippen molar-refractivity contribution in [3.63, 3.8) is 0 Å². The van der Waals surface area contributed by atoms with Crippen LogP contribution in [0.1, 0.15) is 40.7 Å². The number of carbonyl (C=O) groups excluding carboxylic acids is 2. The Morgan fingerprint density at radius 2 is 1.60 bits per heavy atom. The van der Waals surface area contributed by atoms with Crippen LogP contribution in [0.2, 0.25) is 5.02 Å². The molecule has 43 heavy (non-hydrogen) atoms. The number of Topliss-reactive ketones (excluding diaryl/α,β-unsaturated/α-hetero) is 2. The minimum absolute atomic E-state index is 0.0191. The van der Waals surface area contributed by atoms with Crippen molar-refractivity contribution in [1.29, 1.82) is 0 Å². The number of carbonyl (C=O) groups is 2. The van der Waals surface area contributed by atoms with Crippen LogP contribution in [0.3, 0.4) is 0 Å². The highest BCUT2D eigenvalue weighted by molar-refractivity contribution is 6.36. The second-order valence-electron chi connectivity index (χ2n) is 10.6. The first-order chi connectivity index (χ1) is 20.3. The monoisotopic (exact) mass is 617 g/mol. The molecular formula is C29H23ClF3N3O7. The Kier molecular flexibility index (Phi) is 6.31. The number of aromatic nitrogens is 2. The Bertz CT molecular complexity index is 1940. The number of allylic oxidation sites excluding steroid dienone is 1. The highest BCUT2D eigenvalue weighted by Crippen LogP contribution is 2.56. The van der Waals surface area contributed by atoms with E-state index >= 15 is 0 Å². The number of halogens is 4. The lowest BCUT2D eigenvalue weighted by atomic mass is 9.66. The van der Waals surface area contributed by atoms with E-state index in [2.05, 4.69) is 5.32 Å². The van der Waals surface area contributed by atoms with Gasteiger partial charge in [0.15, 0.2) is 23.2 Å². The van der Waals surface area contributed by atoms with Crippen molar-refractivity contribution in [3.05, 3.63) is 89.5 Å². The number of anilines is 1. The van der Waals surface area contributed by atoms with Gasteiger partial charge < -0.3 is 19.5 Å². The fourth-order valence-corrected chi connectivity index (χ4v) is 6.53. The number of nitrogens with zero attached hydrogens (tertiary/aromatic N) is 2. The standard InChI is InChI=1S/C29H23ClF3N3O7/c1-10-6-14-18(24(37)29(10)25(38)19-15(41-4)9-16(42-5)21(30)23(19)43-29)17(11-7-12(31)22(33)13(32)8-11)20-26(34-14)35(2)28(40)36(3)27(20)39/h7-10,17,34H,6H2,1-5H3/t10-,17-,29+/m1/s1. The molecule has 0 saturated heterocycles. The van der Waals surface area contributed by atoms with Crippen molar-refractivity contribution >= 4 is 29.0 Å². The molecule has 0 saturated carbocycles. The molecule has 0 amide bonds. The number of fused-ring (bicyclic) bond motifs is 2. The minimum Gasteiger partial charge on any atom is -0.496 e. The molecule has 3 heterocycles. The van der Waals surface area contributed by atoms with Gasteiger partial charge in [0.2, 0.25) is 17.2 Å². The van der Waals surface area contributed by atoms with Crippen LogP contribution in [-0.4, -0.2) is 40.5 Å². The molecule has 1 spiro atoms. The lowest BCUT2D eigenvalue weighted by Gasteiger charge is -2.42. The normalized spacial score (nSPS) is 22.2. The van der Waals surface area contributed by atoms with Gasteiger partial charge in [-0.25, -0.2) is 18.0 Å². The second-order valence-corrected chi connectivity index (χ2v) is 11.0. The summed E-state index contributed by atoms with van der Waals surface area (Å²) in [6.07, 6.45) is -0.0383. The van der Waals surface area contributed by atoms with E-state index in [4.69, 9.17) is 25.8 Å². The third-order valence-corrected chi connectivity index (χ3v) is 8.77. The van der Waals surface area contributed by atoms with Gasteiger partial charge in [-0.1, -0.05) is 18.5 Å². The lowest BCUT2D eigenvalue weighted by Crippen LogP contribution is -2.58. The van der Waals surface area contributed by atoms with E-state index in [0.717, 1.165) is 9.13 Å². The summed E-state index contributed by atoms with van der Waals surface area (Å²) in [5.74, 6) is -8.95. The third-order valence-electron chi connectivity index (χ3n) is 8.42. The van der Waals surface area contributed by atoms with Crippen molar-refractivity contribution in [2.24, 2.45) is 20.0 Å². The van der Waals surface area contributed by atoms with Gasteiger partial charge in [0.25, 0.3) is 5.56 Å². The third kappa shape index (κ3) is 3.60. The summed E-state index contributed by atoms with van der Waals surface area (Å²) in [6, 6.07) is 2.71.